The Kier molecular flexibility index (Phi) is 9.29. The fourth-order valence-corrected chi connectivity index (χ4v) is 3.93. The number of esters is 2. The molecule has 0 radical (unpaired) electrons. The second kappa shape index (κ2) is 11.7. The third-order valence-corrected chi connectivity index (χ3v) is 5.87. The third kappa shape index (κ3) is 7.54. The van der Waals surface area contributed by atoms with Crippen LogP contribution in [0.25, 0.3) is 0 Å². The van der Waals surface area contributed by atoms with E-state index in [1.54, 1.807) is 0 Å². The first-order valence-electron chi connectivity index (χ1n) is 11.2. The number of methoxy groups -OCH3 is 1. The zero-order chi connectivity index (χ0) is 23.0. The molecular weight excluding hydrogens is 388 g/mol. The fraction of sp³-hybridized carbons (Fsp3) is 0.481. The average Bonchev–Trinajstić information content (AvgIpc) is 2.71. The Hall–Kier alpha value is -2.62. The number of rotatable bonds is 10. The molecule has 0 aliphatic heterocycles. The molecule has 2 rings (SSSR count). The third-order valence-electron chi connectivity index (χ3n) is 5.87. The van der Waals surface area contributed by atoms with Crippen molar-refractivity contribution in [1.29, 1.82) is 0 Å². The lowest BCUT2D eigenvalue weighted by Crippen LogP contribution is -2.10. The summed E-state index contributed by atoms with van der Waals surface area (Å²) in [5, 5.41) is 0. The lowest BCUT2D eigenvalue weighted by atomic mass is 9.95. The predicted octanol–water partition coefficient (Wildman–Crippen LogP) is 6.24. The maximum atomic E-state index is 12.3. The molecule has 0 aliphatic carbocycles. The Balaban J connectivity index is 1.90. The van der Waals surface area contributed by atoms with Crippen molar-refractivity contribution in [2.75, 3.05) is 7.11 Å². The van der Waals surface area contributed by atoms with E-state index in [0.29, 0.717) is 18.6 Å². The van der Waals surface area contributed by atoms with Crippen LogP contribution in [0.2, 0.25) is 0 Å². The molecule has 0 atom stereocenters. The molecule has 0 unspecified atom stereocenters. The molecule has 0 aromatic heterocycles. The van der Waals surface area contributed by atoms with Crippen molar-refractivity contribution in [2.45, 2.75) is 79.6 Å². The van der Waals surface area contributed by atoms with Crippen LogP contribution in [0.15, 0.2) is 24.3 Å². The van der Waals surface area contributed by atoms with Crippen molar-refractivity contribution in [3.8, 4) is 5.75 Å². The number of ether oxygens (including phenoxy) is 2. The van der Waals surface area contributed by atoms with Gasteiger partial charge in [-0.1, -0.05) is 37.1 Å². The van der Waals surface area contributed by atoms with Gasteiger partial charge in [-0.3, -0.25) is 9.59 Å². The Morgan fingerprint density at radius 1 is 0.677 bits per heavy atom. The first-order chi connectivity index (χ1) is 14.7. The number of carbonyl (C=O) groups is 2. The van der Waals surface area contributed by atoms with Crippen LogP contribution in [0, 0.1) is 34.6 Å². The second-order valence-electron chi connectivity index (χ2n) is 8.55. The van der Waals surface area contributed by atoms with Gasteiger partial charge in [-0.2, -0.15) is 0 Å². The molecule has 0 heterocycles. The van der Waals surface area contributed by atoms with Crippen molar-refractivity contribution in [2.24, 2.45) is 0 Å². The molecule has 0 bridgehead atoms. The number of aryl methyl sites for hydroxylation is 4. The van der Waals surface area contributed by atoms with Crippen LogP contribution >= 0.6 is 0 Å². The van der Waals surface area contributed by atoms with E-state index in [9.17, 15) is 9.59 Å². The van der Waals surface area contributed by atoms with Gasteiger partial charge in [0.15, 0.2) is 0 Å². The summed E-state index contributed by atoms with van der Waals surface area (Å²) in [5.41, 5.74) is 8.49. The molecule has 0 N–H and O–H groups in total. The summed E-state index contributed by atoms with van der Waals surface area (Å²) >= 11 is 0. The van der Waals surface area contributed by atoms with Gasteiger partial charge >= 0.3 is 11.9 Å². The molecule has 4 heteroatoms. The van der Waals surface area contributed by atoms with Crippen molar-refractivity contribution in [3.63, 3.8) is 0 Å². The Labute approximate surface area is 187 Å². The van der Waals surface area contributed by atoms with Crippen LogP contribution in [0.5, 0.6) is 5.75 Å². The fourth-order valence-electron chi connectivity index (χ4n) is 3.93. The van der Waals surface area contributed by atoms with Crippen molar-refractivity contribution in [3.05, 3.63) is 63.2 Å². The van der Waals surface area contributed by atoms with Gasteiger partial charge in [0, 0.05) is 12.8 Å². The van der Waals surface area contributed by atoms with Gasteiger partial charge in [0.2, 0.25) is 0 Å². The van der Waals surface area contributed by atoms with E-state index >= 15 is 0 Å². The number of benzene rings is 2. The highest BCUT2D eigenvalue weighted by molar-refractivity contribution is 5.73. The summed E-state index contributed by atoms with van der Waals surface area (Å²) < 4.78 is 10.3. The smallest absolute Gasteiger partial charge is 0.311 e. The van der Waals surface area contributed by atoms with E-state index < -0.39 is 0 Å². The molecule has 168 valence electrons. The summed E-state index contributed by atoms with van der Waals surface area (Å²) in [4.78, 5) is 23.4. The minimum atomic E-state index is -0.197. The average molecular weight is 425 g/mol. The van der Waals surface area contributed by atoms with E-state index in [0.717, 1.165) is 43.2 Å². The summed E-state index contributed by atoms with van der Waals surface area (Å²) in [6.45, 7) is 10.5. The zero-order valence-corrected chi connectivity index (χ0v) is 19.9. The zero-order valence-electron chi connectivity index (χ0n) is 19.9. The van der Waals surface area contributed by atoms with Gasteiger partial charge in [0.05, 0.1) is 7.11 Å². The van der Waals surface area contributed by atoms with E-state index in [4.69, 9.17) is 4.74 Å². The maximum Gasteiger partial charge on any atom is 0.311 e. The second-order valence-corrected chi connectivity index (χ2v) is 8.55. The molecule has 4 nitrogen and oxygen atoms in total. The quantitative estimate of drug-likeness (QED) is 0.257. The highest BCUT2D eigenvalue weighted by Gasteiger charge is 2.12. The van der Waals surface area contributed by atoms with E-state index in [-0.39, 0.29) is 11.9 Å². The normalized spacial score (nSPS) is 10.8. The minimum absolute atomic E-state index is 0.179. The SMILES string of the molecule is COC(=O)CCCCCCC(=O)Oc1c(C)cc(Cc2cc(C)c(C)c(C)c2)cc1C. The monoisotopic (exact) mass is 424 g/mol. The Morgan fingerprint density at radius 3 is 1.61 bits per heavy atom. The maximum absolute atomic E-state index is 12.3. The van der Waals surface area contributed by atoms with E-state index in [1.807, 2.05) is 13.8 Å². The number of hydrogen-bond acceptors (Lipinski definition) is 4. The first kappa shape index (κ1) is 24.6. The Morgan fingerprint density at radius 2 is 1.13 bits per heavy atom. The number of hydrogen-bond donors (Lipinski definition) is 0. The molecule has 0 saturated heterocycles. The molecule has 0 saturated carbocycles. The molecule has 2 aromatic rings. The molecule has 0 aliphatic rings. The molecule has 31 heavy (non-hydrogen) atoms. The van der Waals surface area contributed by atoms with Gasteiger partial charge in [-0.15, -0.1) is 0 Å². The lowest BCUT2D eigenvalue weighted by Gasteiger charge is -2.14. The molecule has 2 aromatic carbocycles. The lowest BCUT2D eigenvalue weighted by molar-refractivity contribution is -0.140. The summed E-state index contributed by atoms with van der Waals surface area (Å²) in [5.74, 6) is 0.300. The molecule has 0 fully saturated rings. The molecular formula is C27H36O4. The largest absolute Gasteiger partial charge is 0.469 e. The van der Waals surface area contributed by atoms with Crippen LogP contribution in [-0.4, -0.2) is 19.0 Å². The van der Waals surface area contributed by atoms with Crippen LogP contribution < -0.4 is 4.74 Å². The van der Waals surface area contributed by atoms with Crippen LogP contribution in [0.4, 0.5) is 0 Å². The summed E-state index contributed by atoms with van der Waals surface area (Å²) in [6, 6.07) is 8.75. The summed E-state index contributed by atoms with van der Waals surface area (Å²) in [6.07, 6.45) is 5.06. The highest BCUT2D eigenvalue weighted by atomic mass is 16.5. The number of carbonyl (C=O) groups excluding carboxylic acids is 2. The van der Waals surface area contributed by atoms with E-state index in [1.165, 1.54) is 34.9 Å². The van der Waals surface area contributed by atoms with Crippen molar-refractivity contribution in [1.82, 2.24) is 0 Å². The highest BCUT2D eigenvalue weighted by Crippen LogP contribution is 2.27. The molecule has 0 amide bonds. The van der Waals surface area contributed by atoms with Gasteiger partial charge in [-0.25, -0.2) is 0 Å². The van der Waals surface area contributed by atoms with Crippen molar-refractivity contribution >= 4 is 11.9 Å². The van der Waals surface area contributed by atoms with Crippen LogP contribution in [-0.2, 0) is 20.7 Å². The number of unbranched alkanes of at least 4 members (excludes halogenated alkanes) is 3. The minimum Gasteiger partial charge on any atom is -0.469 e. The Bertz CT molecular complexity index is 881. The standard InChI is InChI=1S/C27H36O4/c1-18-13-23(14-19(2)22(18)5)17-24-15-20(3)27(21(4)16-24)31-26(29)12-10-8-7-9-11-25(28)30-6/h13-16H,7-12,17H2,1-6H3. The van der Waals surface area contributed by atoms with Crippen molar-refractivity contribution < 1.29 is 19.1 Å². The van der Waals surface area contributed by atoms with Gasteiger partial charge < -0.3 is 9.47 Å². The molecule has 0 spiro atoms. The topological polar surface area (TPSA) is 52.6 Å². The van der Waals surface area contributed by atoms with Gasteiger partial charge in [0.25, 0.3) is 0 Å². The van der Waals surface area contributed by atoms with Gasteiger partial charge in [-0.05, 0) is 92.8 Å². The van der Waals surface area contributed by atoms with Gasteiger partial charge in [0.1, 0.15) is 5.75 Å². The van der Waals surface area contributed by atoms with Crippen LogP contribution in [0.1, 0.15) is 77.5 Å². The van der Waals surface area contributed by atoms with E-state index in [2.05, 4.69) is 49.8 Å². The predicted molar refractivity (Wildman–Crippen MR) is 125 cm³/mol. The summed E-state index contributed by atoms with van der Waals surface area (Å²) in [7, 11) is 1.40. The van der Waals surface area contributed by atoms with Crippen LogP contribution in [0.3, 0.4) is 0 Å². The first-order valence-corrected chi connectivity index (χ1v) is 11.2.